The lowest BCUT2D eigenvalue weighted by molar-refractivity contribution is -0.131. The maximum absolute atomic E-state index is 13.6. The number of methoxy groups -OCH3 is 1. The number of piperazine rings is 1. The third kappa shape index (κ3) is 4.38. The normalized spacial score (nSPS) is 20.5. The lowest BCUT2D eigenvalue weighted by Crippen LogP contribution is -2.64. The SMILES string of the molecule is COCCNC(=O)C(C)(C1CNCCN1)C(Cl)C1=Nc2ccccc2Oc2ccccc21. The van der Waals surface area contributed by atoms with Crippen molar-refractivity contribution in [1.82, 2.24) is 16.0 Å². The molecule has 2 aliphatic heterocycles. The fraction of sp³-hybridized carbons (Fsp3) is 0.417. The van der Waals surface area contributed by atoms with Crippen molar-refractivity contribution in [2.75, 3.05) is 39.9 Å². The van der Waals surface area contributed by atoms with E-state index in [4.69, 9.17) is 26.1 Å². The minimum Gasteiger partial charge on any atom is -0.454 e. The number of benzene rings is 2. The number of rotatable bonds is 7. The number of hydrogen-bond donors (Lipinski definition) is 3. The van der Waals surface area contributed by atoms with E-state index < -0.39 is 10.8 Å². The molecule has 2 aliphatic rings. The molecule has 170 valence electrons. The van der Waals surface area contributed by atoms with E-state index >= 15 is 0 Å². The number of alkyl halides is 1. The molecule has 0 bridgehead atoms. The third-order valence-corrected chi connectivity index (χ3v) is 6.76. The van der Waals surface area contributed by atoms with Crippen molar-refractivity contribution in [2.24, 2.45) is 10.4 Å². The summed E-state index contributed by atoms with van der Waals surface area (Å²) in [5.74, 6) is 1.18. The van der Waals surface area contributed by atoms with E-state index in [0.717, 1.165) is 18.7 Å². The molecule has 3 atom stereocenters. The Bertz CT molecular complexity index is 993. The van der Waals surface area contributed by atoms with E-state index in [-0.39, 0.29) is 11.9 Å². The standard InChI is InChI=1S/C24H29ClN4O3/c1-24(20-15-26-11-12-27-20,23(30)28-13-14-31-2)22(25)21-16-7-3-5-9-18(16)32-19-10-6-4-8-17(19)29-21/h3-10,20,22,26-27H,11-15H2,1-2H3,(H,28,30). The van der Waals surface area contributed by atoms with Crippen LogP contribution in [0.4, 0.5) is 5.69 Å². The molecule has 1 fully saturated rings. The largest absolute Gasteiger partial charge is 0.454 e. The molecule has 4 rings (SSSR count). The minimum absolute atomic E-state index is 0.144. The van der Waals surface area contributed by atoms with Gasteiger partial charge in [-0.3, -0.25) is 4.79 Å². The van der Waals surface area contributed by atoms with Gasteiger partial charge >= 0.3 is 0 Å². The molecule has 8 heteroatoms. The van der Waals surface area contributed by atoms with E-state index in [9.17, 15) is 4.79 Å². The highest BCUT2D eigenvalue weighted by Gasteiger charge is 2.50. The molecule has 3 N–H and O–H groups in total. The second-order valence-electron chi connectivity index (χ2n) is 8.17. The summed E-state index contributed by atoms with van der Waals surface area (Å²) in [6.45, 7) is 4.96. The Balaban J connectivity index is 1.79. The number of para-hydroxylation sites is 3. The van der Waals surface area contributed by atoms with Crippen LogP contribution in [-0.4, -0.2) is 62.9 Å². The first-order valence-corrected chi connectivity index (χ1v) is 11.3. The summed E-state index contributed by atoms with van der Waals surface area (Å²) in [6.07, 6.45) is 0. The van der Waals surface area contributed by atoms with Crippen molar-refractivity contribution in [3.05, 3.63) is 54.1 Å². The van der Waals surface area contributed by atoms with Gasteiger partial charge in [0.25, 0.3) is 0 Å². The molecular formula is C24H29ClN4O3. The number of nitrogens with one attached hydrogen (secondary N) is 3. The average molecular weight is 457 g/mol. The monoisotopic (exact) mass is 456 g/mol. The molecule has 32 heavy (non-hydrogen) atoms. The molecule has 1 amide bonds. The Hall–Kier alpha value is -2.45. The molecule has 1 saturated heterocycles. The van der Waals surface area contributed by atoms with Gasteiger partial charge in [0.05, 0.1) is 23.1 Å². The number of amides is 1. The van der Waals surface area contributed by atoms with Gasteiger partial charge in [0.1, 0.15) is 11.4 Å². The molecular weight excluding hydrogens is 428 g/mol. The van der Waals surface area contributed by atoms with Gasteiger partial charge in [-0.25, -0.2) is 4.99 Å². The van der Waals surface area contributed by atoms with Crippen LogP contribution in [0.1, 0.15) is 12.5 Å². The maximum atomic E-state index is 13.6. The van der Waals surface area contributed by atoms with Crippen molar-refractivity contribution in [3.63, 3.8) is 0 Å². The van der Waals surface area contributed by atoms with Gasteiger partial charge in [0.2, 0.25) is 5.91 Å². The molecule has 0 aliphatic carbocycles. The Kier molecular flexibility index (Phi) is 7.10. The van der Waals surface area contributed by atoms with Gasteiger partial charge in [-0.2, -0.15) is 0 Å². The summed E-state index contributed by atoms with van der Waals surface area (Å²) in [5, 5.41) is 9.14. The molecule has 0 radical (unpaired) electrons. The first-order valence-electron chi connectivity index (χ1n) is 10.9. The van der Waals surface area contributed by atoms with Crippen molar-refractivity contribution >= 4 is 28.9 Å². The summed E-state index contributed by atoms with van der Waals surface area (Å²) in [6, 6.07) is 15.1. The smallest absolute Gasteiger partial charge is 0.229 e. The quantitative estimate of drug-likeness (QED) is 0.440. The number of hydrogen-bond acceptors (Lipinski definition) is 6. The van der Waals surface area contributed by atoms with Crippen molar-refractivity contribution in [2.45, 2.75) is 18.3 Å². The van der Waals surface area contributed by atoms with Crippen LogP contribution >= 0.6 is 11.6 Å². The fourth-order valence-electron chi connectivity index (χ4n) is 4.17. The first-order chi connectivity index (χ1) is 15.6. The number of nitrogens with zero attached hydrogens (tertiary/aromatic N) is 1. The Morgan fingerprint density at radius 1 is 1.25 bits per heavy atom. The molecule has 2 aromatic carbocycles. The van der Waals surface area contributed by atoms with E-state index in [0.29, 0.717) is 42.6 Å². The zero-order chi connectivity index (χ0) is 22.6. The fourth-order valence-corrected chi connectivity index (χ4v) is 4.59. The molecule has 7 nitrogen and oxygen atoms in total. The van der Waals surface area contributed by atoms with Gasteiger partial charge in [-0.15, -0.1) is 11.6 Å². The summed E-state index contributed by atoms with van der Waals surface area (Å²) >= 11 is 7.23. The summed E-state index contributed by atoms with van der Waals surface area (Å²) in [4.78, 5) is 18.5. The van der Waals surface area contributed by atoms with E-state index in [1.54, 1.807) is 7.11 Å². The van der Waals surface area contributed by atoms with E-state index in [1.807, 2.05) is 55.5 Å². The number of carbonyl (C=O) groups is 1. The molecule has 0 saturated carbocycles. The van der Waals surface area contributed by atoms with Gasteiger partial charge in [0.15, 0.2) is 5.75 Å². The number of halogens is 1. The molecule has 2 heterocycles. The minimum atomic E-state index is -0.992. The van der Waals surface area contributed by atoms with E-state index in [2.05, 4.69) is 16.0 Å². The van der Waals surface area contributed by atoms with Crippen LogP contribution in [0.15, 0.2) is 53.5 Å². The predicted molar refractivity (Wildman–Crippen MR) is 126 cm³/mol. The third-order valence-electron chi connectivity index (χ3n) is 6.10. The molecule has 2 aromatic rings. The van der Waals surface area contributed by atoms with Crippen molar-refractivity contribution in [3.8, 4) is 11.5 Å². The average Bonchev–Trinajstić information content (AvgIpc) is 3.00. The van der Waals surface area contributed by atoms with Crippen LogP contribution in [0.25, 0.3) is 0 Å². The van der Waals surface area contributed by atoms with Gasteiger partial charge in [-0.05, 0) is 31.2 Å². The Morgan fingerprint density at radius 2 is 2.00 bits per heavy atom. The zero-order valence-electron chi connectivity index (χ0n) is 18.4. The maximum Gasteiger partial charge on any atom is 0.229 e. The van der Waals surface area contributed by atoms with Crippen LogP contribution in [0, 0.1) is 5.41 Å². The Labute approximate surface area is 193 Å². The highest BCUT2D eigenvalue weighted by molar-refractivity contribution is 6.38. The van der Waals surface area contributed by atoms with E-state index in [1.165, 1.54) is 0 Å². The lowest BCUT2D eigenvalue weighted by atomic mass is 9.74. The second kappa shape index (κ2) is 10.0. The van der Waals surface area contributed by atoms with Crippen LogP contribution < -0.4 is 20.7 Å². The van der Waals surface area contributed by atoms with Crippen molar-refractivity contribution < 1.29 is 14.3 Å². The van der Waals surface area contributed by atoms with Crippen LogP contribution in [0.2, 0.25) is 0 Å². The highest BCUT2D eigenvalue weighted by atomic mass is 35.5. The van der Waals surface area contributed by atoms with Gasteiger partial charge in [0, 0.05) is 44.9 Å². The second-order valence-corrected chi connectivity index (χ2v) is 8.60. The molecule has 0 spiro atoms. The number of fused-ring (bicyclic) bond motifs is 2. The summed E-state index contributed by atoms with van der Waals surface area (Å²) in [5.41, 5.74) is 1.09. The predicted octanol–water partition coefficient (Wildman–Crippen LogP) is 2.85. The topological polar surface area (TPSA) is 84.0 Å². The number of ether oxygens (including phenoxy) is 2. The van der Waals surface area contributed by atoms with Crippen molar-refractivity contribution in [1.29, 1.82) is 0 Å². The van der Waals surface area contributed by atoms with Crippen LogP contribution in [0.5, 0.6) is 11.5 Å². The number of carbonyl (C=O) groups excluding carboxylic acids is 1. The van der Waals surface area contributed by atoms with Gasteiger partial charge < -0.3 is 25.4 Å². The van der Waals surface area contributed by atoms with Crippen LogP contribution in [0.3, 0.4) is 0 Å². The summed E-state index contributed by atoms with van der Waals surface area (Å²) in [7, 11) is 1.61. The first kappa shape index (κ1) is 22.7. The zero-order valence-corrected chi connectivity index (χ0v) is 19.1. The highest BCUT2D eigenvalue weighted by Crippen LogP contribution is 2.42. The van der Waals surface area contributed by atoms with Gasteiger partial charge in [-0.1, -0.05) is 24.3 Å². The number of aliphatic imine (C=N–C) groups is 1. The molecule has 0 aromatic heterocycles. The van der Waals surface area contributed by atoms with Crippen LogP contribution in [-0.2, 0) is 9.53 Å². The lowest BCUT2D eigenvalue weighted by Gasteiger charge is -2.42. The summed E-state index contributed by atoms with van der Waals surface area (Å²) < 4.78 is 11.3. The molecule has 3 unspecified atom stereocenters. The Morgan fingerprint density at radius 3 is 2.75 bits per heavy atom.